The van der Waals surface area contributed by atoms with Crippen molar-refractivity contribution >= 4 is 16.1 Å². The monoisotopic (exact) mass is 398 g/mol. The highest BCUT2D eigenvalue weighted by Crippen LogP contribution is 2.17. The quantitative estimate of drug-likeness (QED) is 0.186. The van der Waals surface area contributed by atoms with E-state index in [2.05, 4.69) is 13.8 Å². The molecule has 0 aliphatic heterocycles. The van der Waals surface area contributed by atoms with Crippen molar-refractivity contribution in [1.29, 1.82) is 0 Å². The third-order valence-corrected chi connectivity index (χ3v) is 5.38. The van der Waals surface area contributed by atoms with Crippen LogP contribution in [0.25, 0.3) is 0 Å². The van der Waals surface area contributed by atoms with Crippen molar-refractivity contribution in [2.24, 2.45) is 5.92 Å². The molecule has 0 saturated heterocycles. The number of unbranched alkanes of at least 4 members (excludes halogenated alkanes) is 8. The van der Waals surface area contributed by atoms with Gasteiger partial charge in [-0.3, -0.25) is 9.35 Å². The van der Waals surface area contributed by atoms with Gasteiger partial charge in [0.15, 0.2) is 0 Å². The molecule has 1 aromatic carbocycles. The molecule has 0 spiro atoms. The number of carbonyl (C=O) groups excluding carboxylic acids is 1. The lowest BCUT2D eigenvalue weighted by Crippen LogP contribution is -2.07. The van der Waals surface area contributed by atoms with E-state index in [1.807, 2.05) is 0 Å². The fraction of sp³-hybridized carbons (Fsp3) is 0.667. The molecule has 0 aliphatic carbocycles. The van der Waals surface area contributed by atoms with E-state index in [9.17, 15) is 13.2 Å². The molecule has 27 heavy (non-hydrogen) atoms. The van der Waals surface area contributed by atoms with Crippen molar-refractivity contribution in [3.05, 3.63) is 24.3 Å². The molecule has 0 amide bonds. The summed E-state index contributed by atoms with van der Waals surface area (Å²) in [6.45, 7) is 4.55. The summed E-state index contributed by atoms with van der Waals surface area (Å²) in [6, 6.07) is 5.14. The molecule has 0 bridgehead atoms. The lowest BCUT2D eigenvalue weighted by atomic mass is 10.0. The van der Waals surface area contributed by atoms with Crippen LogP contribution in [0.2, 0.25) is 0 Å². The molecule has 0 aromatic heterocycles. The minimum atomic E-state index is -4.22. The van der Waals surface area contributed by atoms with Crippen LogP contribution in [0.5, 0.6) is 5.75 Å². The van der Waals surface area contributed by atoms with Crippen molar-refractivity contribution in [2.75, 3.05) is 0 Å². The molecule has 0 radical (unpaired) electrons. The second-order valence-corrected chi connectivity index (χ2v) is 8.96. The zero-order chi connectivity index (χ0) is 20.1. The van der Waals surface area contributed by atoms with Crippen LogP contribution < -0.4 is 4.74 Å². The van der Waals surface area contributed by atoms with Gasteiger partial charge in [-0.25, -0.2) is 0 Å². The highest BCUT2D eigenvalue weighted by Gasteiger charge is 2.10. The highest BCUT2D eigenvalue weighted by molar-refractivity contribution is 7.85. The first kappa shape index (κ1) is 23.6. The van der Waals surface area contributed by atoms with Crippen molar-refractivity contribution in [1.82, 2.24) is 0 Å². The van der Waals surface area contributed by atoms with E-state index < -0.39 is 10.1 Å². The van der Waals surface area contributed by atoms with Gasteiger partial charge in [-0.2, -0.15) is 8.42 Å². The molecule has 5 nitrogen and oxygen atoms in total. The van der Waals surface area contributed by atoms with Gasteiger partial charge >= 0.3 is 5.97 Å². The Morgan fingerprint density at radius 3 is 1.85 bits per heavy atom. The van der Waals surface area contributed by atoms with Gasteiger partial charge in [-0.1, -0.05) is 71.6 Å². The molecule has 0 heterocycles. The Morgan fingerprint density at radius 2 is 1.37 bits per heavy atom. The maximum atomic E-state index is 11.8. The van der Waals surface area contributed by atoms with Crippen molar-refractivity contribution in [2.45, 2.75) is 89.4 Å². The van der Waals surface area contributed by atoms with Gasteiger partial charge in [0.2, 0.25) is 0 Å². The van der Waals surface area contributed by atoms with Gasteiger partial charge < -0.3 is 4.74 Å². The molecule has 0 atom stereocenters. The number of hydrogen-bond acceptors (Lipinski definition) is 4. The lowest BCUT2D eigenvalue weighted by molar-refractivity contribution is -0.134. The Morgan fingerprint density at radius 1 is 0.889 bits per heavy atom. The Labute approximate surface area is 164 Å². The van der Waals surface area contributed by atoms with Crippen molar-refractivity contribution in [3.63, 3.8) is 0 Å². The molecule has 1 rings (SSSR count). The molecular weight excluding hydrogens is 364 g/mol. The lowest BCUT2D eigenvalue weighted by Gasteiger charge is -2.06. The molecule has 1 aromatic rings. The van der Waals surface area contributed by atoms with Gasteiger partial charge in [0.25, 0.3) is 10.1 Å². The van der Waals surface area contributed by atoms with E-state index in [0.717, 1.165) is 25.2 Å². The predicted molar refractivity (Wildman–Crippen MR) is 108 cm³/mol. The Kier molecular flexibility index (Phi) is 11.3. The maximum Gasteiger partial charge on any atom is 0.311 e. The Hall–Kier alpha value is -1.40. The van der Waals surface area contributed by atoms with Gasteiger partial charge in [0, 0.05) is 6.42 Å². The number of ether oxygens (including phenoxy) is 1. The Bertz CT molecular complexity index is 635. The van der Waals surface area contributed by atoms with Gasteiger partial charge in [-0.05, 0) is 36.6 Å². The summed E-state index contributed by atoms with van der Waals surface area (Å²) in [6.07, 6.45) is 12.5. The van der Waals surface area contributed by atoms with E-state index in [1.165, 1.54) is 69.2 Å². The minimum Gasteiger partial charge on any atom is -0.427 e. The van der Waals surface area contributed by atoms with E-state index in [0.29, 0.717) is 6.42 Å². The summed E-state index contributed by atoms with van der Waals surface area (Å²) in [7, 11) is -4.22. The van der Waals surface area contributed by atoms with E-state index >= 15 is 0 Å². The van der Waals surface area contributed by atoms with Gasteiger partial charge in [0.05, 0.1) is 4.90 Å². The van der Waals surface area contributed by atoms with Crippen molar-refractivity contribution in [3.8, 4) is 5.75 Å². The summed E-state index contributed by atoms with van der Waals surface area (Å²) < 4.78 is 36.0. The summed E-state index contributed by atoms with van der Waals surface area (Å²) in [5, 5.41) is 0. The minimum absolute atomic E-state index is 0.220. The number of rotatable bonds is 14. The number of hydrogen-bond donors (Lipinski definition) is 1. The summed E-state index contributed by atoms with van der Waals surface area (Å²) >= 11 is 0. The first-order valence-electron chi connectivity index (χ1n) is 10.1. The summed E-state index contributed by atoms with van der Waals surface area (Å²) in [4.78, 5) is 11.6. The molecule has 0 fully saturated rings. The third-order valence-electron chi connectivity index (χ3n) is 4.52. The zero-order valence-corrected chi connectivity index (χ0v) is 17.5. The van der Waals surface area contributed by atoms with Crippen LogP contribution in [-0.4, -0.2) is 18.9 Å². The van der Waals surface area contributed by atoms with Crippen LogP contribution in [0.15, 0.2) is 29.2 Å². The van der Waals surface area contributed by atoms with Crippen LogP contribution >= 0.6 is 0 Å². The van der Waals surface area contributed by atoms with Crippen LogP contribution in [0, 0.1) is 5.92 Å². The largest absolute Gasteiger partial charge is 0.427 e. The molecule has 0 saturated carbocycles. The van der Waals surface area contributed by atoms with Crippen LogP contribution in [0.4, 0.5) is 0 Å². The second kappa shape index (κ2) is 12.9. The topological polar surface area (TPSA) is 80.7 Å². The number of benzene rings is 1. The number of esters is 1. The molecular formula is C21H34O5S. The highest BCUT2D eigenvalue weighted by atomic mass is 32.2. The van der Waals surface area contributed by atoms with Crippen LogP contribution in [-0.2, 0) is 14.9 Å². The molecule has 1 N–H and O–H groups in total. The maximum absolute atomic E-state index is 11.8. The van der Waals surface area contributed by atoms with Crippen LogP contribution in [0.3, 0.4) is 0 Å². The Balaban J connectivity index is 2.03. The molecule has 6 heteroatoms. The average molecular weight is 399 g/mol. The molecule has 0 aliphatic rings. The fourth-order valence-corrected chi connectivity index (χ4v) is 3.40. The van der Waals surface area contributed by atoms with E-state index in [-0.39, 0.29) is 16.6 Å². The van der Waals surface area contributed by atoms with Gasteiger partial charge in [0.1, 0.15) is 5.75 Å². The normalized spacial score (nSPS) is 11.7. The van der Waals surface area contributed by atoms with Gasteiger partial charge in [-0.15, -0.1) is 0 Å². The fourth-order valence-electron chi connectivity index (χ4n) is 2.92. The summed E-state index contributed by atoms with van der Waals surface area (Å²) in [5.74, 6) is 0.775. The first-order valence-corrected chi connectivity index (χ1v) is 11.5. The van der Waals surface area contributed by atoms with E-state index in [1.54, 1.807) is 0 Å². The molecule has 0 unspecified atom stereocenters. The van der Waals surface area contributed by atoms with Crippen LogP contribution in [0.1, 0.15) is 84.5 Å². The first-order chi connectivity index (χ1) is 12.8. The third kappa shape index (κ3) is 11.8. The smallest absolute Gasteiger partial charge is 0.311 e. The standard InChI is InChI=1S/C21H34O5S/c1-18(2)12-10-8-6-4-3-5-7-9-11-13-21(22)26-19-14-16-20(17-15-19)27(23,24)25/h14-18H,3-13H2,1-2H3,(H,23,24,25). The zero-order valence-electron chi connectivity index (χ0n) is 16.7. The summed E-state index contributed by atoms with van der Waals surface area (Å²) in [5.41, 5.74) is 0. The predicted octanol–water partition coefficient (Wildman–Crippen LogP) is 5.79. The van der Waals surface area contributed by atoms with Crippen molar-refractivity contribution < 1.29 is 22.5 Å². The average Bonchev–Trinajstić information content (AvgIpc) is 2.59. The number of carbonyl (C=O) groups is 1. The second-order valence-electron chi connectivity index (χ2n) is 7.54. The van der Waals surface area contributed by atoms with E-state index in [4.69, 9.17) is 9.29 Å². The SMILES string of the molecule is CC(C)CCCCCCCCCCCC(=O)Oc1ccc(S(=O)(=O)O)cc1. The molecule has 154 valence electrons.